The Bertz CT molecular complexity index is 152. The van der Waals surface area contributed by atoms with E-state index in [2.05, 4.69) is 32.9 Å². The third-order valence-corrected chi connectivity index (χ3v) is 2.82. The summed E-state index contributed by atoms with van der Waals surface area (Å²) in [4.78, 5) is 0. The maximum absolute atomic E-state index is 5.64. The maximum Gasteiger partial charge on any atom is 0.0547 e. The average Bonchev–Trinajstić information content (AvgIpc) is 2.30. The summed E-state index contributed by atoms with van der Waals surface area (Å²) in [5, 5.41) is 0. The third-order valence-electron chi connectivity index (χ3n) is 2.82. The van der Waals surface area contributed by atoms with Crippen molar-refractivity contribution in [2.45, 2.75) is 78.2 Å². The molecule has 1 heteroatoms. The lowest BCUT2D eigenvalue weighted by Crippen LogP contribution is -2.08. The number of unbranched alkanes of at least 4 members (excludes halogenated alkanes) is 5. The topological polar surface area (TPSA) is 9.23 Å². The predicted molar refractivity (Wildman–Crippen MR) is 72.8 cm³/mol. The van der Waals surface area contributed by atoms with Crippen LogP contribution in [0.15, 0.2) is 12.2 Å². The molecule has 0 radical (unpaired) electrons. The number of allylic oxidation sites excluding steroid dienone is 2. The summed E-state index contributed by atoms with van der Waals surface area (Å²) in [7, 11) is 0. The van der Waals surface area contributed by atoms with E-state index in [4.69, 9.17) is 4.74 Å². The van der Waals surface area contributed by atoms with Crippen molar-refractivity contribution in [1.82, 2.24) is 0 Å². The zero-order valence-corrected chi connectivity index (χ0v) is 11.5. The quantitative estimate of drug-likeness (QED) is 0.351. The van der Waals surface area contributed by atoms with E-state index >= 15 is 0 Å². The van der Waals surface area contributed by atoms with Gasteiger partial charge >= 0.3 is 0 Å². The van der Waals surface area contributed by atoms with Crippen molar-refractivity contribution >= 4 is 0 Å². The molecule has 16 heavy (non-hydrogen) atoms. The zero-order valence-electron chi connectivity index (χ0n) is 11.5. The van der Waals surface area contributed by atoms with Gasteiger partial charge in [0.2, 0.25) is 0 Å². The second-order valence-electron chi connectivity index (χ2n) is 4.60. The smallest absolute Gasteiger partial charge is 0.0547 e. The van der Waals surface area contributed by atoms with E-state index in [0.29, 0.717) is 6.10 Å². The Balaban J connectivity index is 3.08. The fourth-order valence-corrected chi connectivity index (χ4v) is 1.79. The predicted octanol–water partition coefficient (Wildman–Crippen LogP) is 5.11. The van der Waals surface area contributed by atoms with Crippen molar-refractivity contribution in [3.05, 3.63) is 12.2 Å². The van der Waals surface area contributed by atoms with Gasteiger partial charge in [0.25, 0.3) is 0 Å². The molecule has 0 aromatic rings. The standard InChI is InChI=1S/C15H30O/c1-4-6-7-8-9-10-11-12-13-15(3)16-14-5-2/h4,6,15H,5,7-14H2,1-3H3/b6-4+. The van der Waals surface area contributed by atoms with Crippen molar-refractivity contribution in [2.24, 2.45) is 0 Å². The number of ether oxygens (including phenoxy) is 1. The lowest BCUT2D eigenvalue weighted by Gasteiger charge is -2.11. The van der Waals surface area contributed by atoms with Crippen LogP contribution in [-0.2, 0) is 4.74 Å². The first-order valence-electron chi connectivity index (χ1n) is 7.04. The molecule has 0 aromatic carbocycles. The zero-order chi connectivity index (χ0) is 12.1. The summed E-state index contributed by atoms with van der Waals surface area (Å²) in [6.45, 7) is 7.38. The summed E-state index contributed by atoms with van der Waals surface area (Å²) in [5.74, 6) is 0. The Morgan fingerprint density at radius 1 is 1.06 bits per heavy atom. The molecule has 0 fully saturated rings. The molecule has 1 unspecified atom stereocenters. The number of hydrogen-bond donors (Lipinski definition) is 0. The van der Waals surface area contributed by atoms with Gasteiger partial charge in [0.05, 0.1) is 6.10 Å². The summed E-state index contributed by atoms with van der Waals surface area (Å²) < 4.78 is 5.64. The highest BCUT2D eigenvalue weighted by molar-refractivity contribution is 4.76. The molecule has 0 spiro atoms. The second kappa shape index (κ2) is 12.8. The molecular formula is C15H30O. The largest absolute Gasteiger partial charge is 0.379 e. The highest BCUT2D eigenvalue weighted by Crippen LogP contribution is 2.10. The summed E-state index contributed by atoms with van der Waals surface area (Å²) in [6, 6.07) is 0. The number of hydrogen-bond acceptors (Lipinski definition) is 1. The van der Waals surface area contributed by atoms with Gasteiger partial charge in [-0.1, -0.05) is 44.8 Å². The Labute approximate surface area is 102 Å². The lowest BCUT2D eigenvalue weighted by molar-refractivity contribution is 0.0589. The highest BCUT2D eigenvalue weighted by atomic mass is 16.5. The molecule has 0 aliphatic rings. The Morgan fingerprint density at radius 3 is 2.44 bits per heavy atom. The van der Waals surface area contributed by atoms with Crippen LogP contribution in [0.1, 0.15) is 72.1 Å². The molecule has 0 heterocycles. The van der Waals surface area contributed by atoms with Crippen LogP contribution < -0.4 is 0 Å². The van der Waals surface area contributed by atoms with E-state index < -0.39 is 0 Å². The fourth-order valence-electron chi connectivity index (χ4n) is 1.79. The molecular weight excluding hydrogens is 196 g/mol. The van der Waals surface area contributed by atoms with Crippen LogP contribution in [0.2, 0.25) is 0 Å². The van der Waals surface area contributed by atoms with E-state index in [1.165, 1.54) is 44.9 Å². The minimum atomic E-state index is 0.461. The molecule has 0 aliphatic carbocycles. The van der Waals surface area contributed by atoms with E-state index in [1.54, 1.807) is 0 Å². The van der Waals surface area contributed by atoms with Gasteiger partial charge in [-0.2, -0.15) is 0 Å². The van der Waals surface area contributed by atoms with Crippen molar-refractivity contribution in [2.75, 3.05) is 6.61 Å². The van der Waals surface area contributed by atoms with Crippen LogP contribution in [0, 0.1) is 0 Å². The monoisotopic (exact) mass is 226 g/mol. The van der Waals surface area contributed by atoms with Crippen LogP contribution in [0.5, 0.6) is 0 Å². The molecule has 0 N–H and O–H groups in total. The first kappa shape index (κ1) is 15.7. The van der Waals surface area contributed by atoms with E-state index in [9.17, 15) is 0 Å². The Kier molecular flexibility index (Phi) is 12.5. The summed E-state index contributed by atoms with van der Waals surface area (Å²) in [5.41, 5.74) is 0. The Morgan fingerprint density at radius 2 is 1.75 bits per heavy atom. The molecule has 0 rings (SSSR count). The molecule has 0 amide bonds. The van der Waals surface area contributed by atoms with E-state index in [1.807, 2.05) is 0 Å². The van der Waals surface area contributed by atoms with Gasteiger partial charge in [-0.05, 0) is 39.5 Å². The molecule has 1 atom stereocenters. The summed E-state index contributed by atoms with van der Waals surface area (Å²) in [6.07, 6.45) is 15.3. The van der Waals surface area contributed by atoms with Crippen molar-refractivity contribution < 1.29 is 4.74 Å². The Hall–Kier alpha value is -0.300. The number of rotatable bonds is 11. The molecule has 96 valence electrons. The lowest BCUT2D eigenvalue weighted by atomic mass is 10.1. The molecule has 0 saturated heterocycles. The van der Waals surface area contributed by atoms with Gasteiger partial charge in [0.1, 0.15) is 0 Å². The van der Waals surface area contributed by atoms with Gasteiger partial charge in [-0.25, -0.2) is 0 Å². The molecule has 0 aromatic heterocycles. The van der Waals surface area contributed by atoms with Gasteiger partial charge in [-0.3, -0.25) is 0 Å². The van der Waals surface area contributed by atoms with Gasteiger partial charge in [0, 0.05) is 6.61 Å². The van der Waals surface area contributed by atoms with Crippen LogP contribution in [0.4, 0.5) is 0 Å². The third kappa shape index (κ3) is 11.8. The van der Waals surface area contributed by atoms with Gasteiger partial charge in [-0.15, -0.1) is 0 Å². The van der Waals surface area contributed by atoms with Crippen LogP contribution >= 0.6 is 0 Å². The van der Waals surface area contributed by atoms with Crippen molar-refractivity contribution in [3.63, 3.8) is 0 Å². The van der Waals surface area contributed by atoms with Gasteiger partial charge < -0.3 is 4.74 Å². The SMILES string of the molecule is C/C=C/CCCCCCCC(C)OCCC. The van der Waals surface area contributed by atoms with Crippen LogP contribution in [0.3, 0.4) is 0 Å². The highest BCUT2D eigenvalue weighted by Gasteiger charge is 2.00. The molecule has 0 bridgehead atoms. The normalized spacial score (nSPS) is 13.4. The van der Waals surface area contributed by atoms with Crippen LogP contribution in [0.25, 0.3) is 0 Å². The molecule has 0 aliphatic heterocycles. The fraction of sp³-hybridized carbons (Fsp3) is 0.867. The minimum absolute atomic E-state index is 0.461. The van der Waals surface area contributed by atoms with Crippen LogP contribution in [-0.4, -0.2) is 12.7 Å². The molecule has 1 nitrogen and oxygen atoms in total. The van der Waals surface area contributed by atoms with E-state index in [-0.39, 0.29) is 0 Å². The van der Waals surface area contributed by atoms with E-state index in [0.717, 1.165) is 13.0 Å². The summed E-state index contributed by atoms with van der Waals surface area (Å²) >= 11 is 0. The first-order chi connectivity index (χ1) is 7.81. The van der Waals surface area contributed by atoms with Crippen molar-refractivity contribution in [1.29, 1.82) is 0 Å². The molecule has 0 saturated carbocycles. The average molecular weight is 226 g/mol. The first-order valence-corrected chi connectivity index (χ1v) is 7.04. The maximum atomic E-state index is 5.64. The van der Waals surface area contributed by atoms with Gasteiger partial charge in [0.15, 0.2) is 0 Å². The second-order valence-corrected chi connectivity index (χ2v) is 4.60. The minimum Gasteiger partial charge on any atom is -0.379 e. The van der Waals surface area contributed by atoms with Crippen molar-refractivity contribution in [3.8, 4) is 0 Å².